The van der Waals surface area contributed by atoms with Gasteiger partial charge in [-0.1, -0.05) is 176 Å². The average Bonchev–Trinajstić information content (AvgIpc) is 3.60. The third-order valence-electron chi connectivity index (χ3n) is 13.7. The van der Waals surface area contributed by atoms with Gasteiger partial charge >= 0.3 is 0 Å². The third kappa shape index (κ3) is 4.91. The Morgan fingerprint density at radius 1 is 0.554 bits per heavy atom. The maximum absolute atomic E-state index is 4.75. The molecule has 0 radical (unpaired) electrons. The summed E-state index contributed by atoms with van der Waals surface area (Å²) in [5, 5.41) is 6.17. The molecule has 3 aromatic rings. The number of allylic oxidation sites excluding steroid dienone is 24. The van der Waals surface area contributed by atoms with Gasteiger partial charge in [-0.3, -0.25) is 4.99 Å². The second-order valence-corrected chi connectivity index (χ2v) is 16.5. The van der Waals surface area contributed by atoms with Crippen LogP contribution in [-0.4, -0.2) is 12.8 Å². The fourth-order valence-corrected chi connectivity index (χ4v) is 11.2. The van der Waals surface area contributed by atoms with Crippen LogP contribution in [0.15, 0.2) is 204 Å². The van der Waals surface area contributed by atoms with E-state index < -0.39 is 0 Å². The van der Waals surface area contributed by atoms with Gasteiger partial charge in [0.15, 0.2) is 0 Å². The maximum atomic E-state index is 4.75. The van der Waals surface area contributed by atoms with Crippen LogP contribution >= 0.6 is 0 Å². The van der Waals surface area contributed by atoms with Crippen molar-refractivity contribution in [1.82, 2.24) is 0 Å². The number of rotatable bonds is 4. The van der Waals surface area contributed by atoms with Crippen molar-refractivity contribution in [3.8, 4) is 0 Å². The molecule has 12 rings (SSSR count). The highest BCUT2D eigenvalue weighted by molar-refractivity contribution is 5.90. The van der Waals surface area contributed by atoms with Gasteiger partial charge in [0.2, 0.25) is 0 Å². The van der Waals surface area contributed by atoms with Crippen molar-refractivity contribution in [2.24, 2.45) is 52.3 Å². The molecule has 2 nitrogen and oxygen atoms in total. The fourth-order valence-electron chi connectivity index (χ4n) is 11.2. The number of anilines is 1. The summed E-state index contributed by atoms with van der Waals surface area (Å²) < 4.78 is 0. The van der Waals surface area contributed by atoms with Crippen LogP contribution in [0.25, 0.3) is 22.3 Å². The van der Waals surface area contributed by atoms with Crippen molar-refractivity contribution < 1.29 is 0 Å². The lowest BCUT2D eigenvalue weighted by molar-refractivity contribution is 0.453. The molecule has 9 aliphatic rings. The van der Waals surface area contributed by atoms with E-state index in [1.54, 1.807) is 5.57 Å². The highest BCUT2D eigenvalue weighted by Gasteiger charge is 2.48. The number of nitrogens with zero attached hydrogens (tertiary/aromatic N) is 1. The lowest BCUT2D eigenvalue weighted by atomic mass is 9.65. The van der Waals surface area contributed by atoms with Crippen LogP contribution in [-0.2, 0) is 0 Å². The summed E-state index contributed by atoms with van der Waals surface area (Å²) in [5.41, 5.74) is 15.8. The van der Waals surface area contributed by atoms with E-state index >= 15 is 0 Å². The quantitative estimate of drug-likeness (QED) is 0.285. The first kappa shape index (κ1) is 32.0. The monoisotopic (exact) mass is 718 g/mol. The van der Waals surface area contributed by atoms with Crippen molar-refractivity contribution in [1.29, 1.82) is 0 Å². The summed E-state index contributed by atoms with van der Waals surface area (Å²) in [7, 11) is 0. The van der Waals surface area contributed by atoms with E-state index in [0.29, 0.717) is 35.5 Å². The lowest BCUT2D eigenvalue weighted by Gasteiger charge is -2.38. The number of fused-ring (bicyclic) bond motifs is 7. The molecule has 1 fully saturated rings. The molecule has 8 aliphatic carbocycles. The van der Waals surface area contributed by atoms with Gasteiger partial charge in [0, 0.05) is 41.7 Å². The standard InChI is InChI=1S/C54H42N2/c1-2-9-36-30-37(21-18-33(36)8-1)34-16-19-35(20-17-34)52-43-12-5-6-13-44(43)54(47-26-25-46-41-11-4-3-10-40(41)42-14-7-15-45(47)53(42)46)48-24-22-38(31-49(48)52)39-23-27-50-51(32-39)56-29-28-55-50/h1-27,29-33,36,40-41,46,48-49,53,55H,28H2. The lowest BCUT2D eigenvalue weighted by Crippen LogP contribution is -2.41. The molecule has 0 amide bonds. The van der Waals surface area contributed by atoms with Gasteiger partial charge in [0.05, 0.1) is 17.9 Å². The first-order valence-corrected chi connectivity index (χ1v) is 20.4. The number of aliphatic imine (C=N–C) groups is 1. The van der Waals surface area contributed by atoms with Crippen LogP contribution in [0.4, 0.5) is 11.4 Å². The second-order valence-electron chi connectivity index (χ2n) is 16.5. The topological polar surface area (TPSA) is 24.4 Å². The Hall–Kier alpha value is -6.25. The van der Waals surface area contributed by atoms with Crippen molar-refractivity contribution in [3.63, 3.8) is 0 Å². The molecule has 0 bridgehead atoms. The summed E-state index contributed by atoms with van der Waals surface area (Å²) in [4.78, 5) is 4.75. The van der Waals surface area contributed by atoms with E-state index in [0.717, 1.165) is 17.9 Å². The van der Waals surface area contributed by atoms with Crippen LogP contribution in [0.1, 0.15) is 16.7 Å². The summed E-state index contributed by atoms with van der Waals surface area (Å²) >= 11 is 0. The summed E-state index contributed by atoms with van der Waals surface area (Å²) in [6, 6.07) is 25.3. The van der Waals surface area contributed by atoms with E-state index in [1.807, 2.05) is 6.21 Å². The zero-order valence-corrected chi connectivity index (χ0v) is 31.2. The SMILES string of the molecule is C1=CC2=C(C3=c4ccccc4=C(c4ccc(C5=CC6C=CC=CC6C=C5)cc4)C4C=C(c5ccc6c(c5)N=CCN6)C=CC34)C=CC3C2C(=C1)C1C=CC=CC13. The van der Waals surface area contributed by atoms with E-state index in [1.165, 1.54) is 60.6 Å². The van der Waals surface area contributed by atoms with Crippen LogP contribution in [0.5, 0.6) is 0 Å². The first-order chi connectivity index (χ1) is 27.8. The summed E-state index contributed by atoms with van der Waals surface area (Å²) in [5.74, 6) is 3.12. The Morgan fingerprint density at radius 2 is 1.32 bits per heavy atom. The van der Waals surface area contributed by atoms with Crippen LogP contribution in [0.3, 0.4) is 0 Å². The van der Waals surface area contributed by atoms with Crippen molar-refractivity contribution >= 4 is 39.9 Å². The summed E-state index contributed by atoms with van der Waals surface area (Å²) in [6.07, 6.45) is 47.1. The Labute approximate surface area is 328 Å². The zero-order valence-electron chi connectivity index (χ0n) is 31.2. The molecule has 8 unspecified atom stereocenters. The molecule has 56 heavy (non-hydrogen) atoms. The van der Waals surface area contributed by atoms with E-state index in [2.05, 4.69) is 187 Å². The highest BCUT2D eigenvalue weighted by atomic mass is 15.0. The molecule has 0 saturated heterocycles. The molecule has 0 spiro atoms. The van der Waals surface area contributed by atoms with Gasteiger partial charge in [0.25, 0.3) is 0 Å². The van der Waals surface area contributed by atoms with Gasteiger partial charge in [-0.05, 0) is 84.5 Å². The Bertz CT molecular complexity index is 2780. The Kier molecular flexibility index (Phi) is 7.24. The number of hydrogen-bond donors (Lipinski definition) is 1. The third-order valence-corrected chi connectivity index (χ3v) is 13.7. The van der Waals surface area contributed by atoms with Crippen molar-refractivity contribution in [2.45, 2.75) is 0 Å². The molecule has 3 aromatic carbocycles. The van der Waals surface area contributed by atoms with Gasteiger partial charge in [-0.2, -0.15) is 0 Å². The predicted molar refractivity (Wildman–Crippen MR) is 233 cm³/mol. The molecular weight excluding hydrogens is 677 g/mol. The van der Waals surface area contributed by atoms with Crippen LogP contribution in [0.2, 0.25) is 0 Å². The molecule has 268 valence electrons. The minimum Gasteiger partial charge on any atom is -0.378 e. The average molecular weight is 719 g/mol. The molecule has 8 atom stereocenters. The molecule has 1 heterocycles. The van der Waals surface area contributed by atoms with Gasteiger partial charge in [-0.15, -0.1) is 0 Å². The van der Waals surface area contributed by atoms with Gasteiger partial charge in [-0.25, -0.2) is 0 Å². The molecule has 1 N–H and O–H groups in total. The van der Waals surface area contributed by atoms with E-state index in [4.69, 9.17) is 4.99 Å². The smallest absolute Gasteiger partial charge is 0.0864 e. The molecular formula is C54H42N2. The number of hydrogen-bond acceptors (Lipinski definition) is 2. The van der Waals surface area contributed by atoms with Gasteiger partial charge in [0.1, 0.15) is 0 Å². The molecule has 1 aliphatic heterocycles. The Balaban J connectivity index is 1.04. The second kappa shape index (κ2) is 12.6. The normalized spacial score (nSPS) is 30.5. The minimum absolute atomic E-state index is 0.149. The number of nitrogens with one attached hydrogen (secondary N) is 1. The van der Waals surface area contributed by atoms with Crippen molar-refractivity contribution in [3.05, 3.63) is 226 Å². The summed E-state index contributed by atoms with van der Waals surface area (Å²) in [6.45, 7) is 0.770. The van der Waals surface area contributed by atoms with E-state index in [-0.39, 0.29) is 11.8 Å². The maximum Gasteiger partial charge on any atom is 0.0864 e. The Morgan fingerprint density at radius 3 is 2.23 bits per heavy atom. The zero-order chi connectivity index (χ0) is 36.7. The molecule has 0 aromatic heterocycles. The first-order valence-electron chi connectivity index (χ1n) is 20.4. The highest BCUT2D eigenvalue weighted by Crippen LogP contribution is 2.57. The molecule has 2 heteroatoms. The minimum atomic E-state index is 0.149. The predicted octanol–water partition coefficient (Wildman–Crippen LogP) is 10.3. The van der Waals surface area contributed by atoms with Gasteiger partial charge < -0.3 is 5.32 Å². The van der Waals surface area contributed by atoms with Crippen LogP contribution in [0, 0.1) is 47.3 Å². The fraction of sp³-hybridized carbons (Fsp3) is 0.167. The van der Waals surface area contributed by atoms with Crippen molar-refractivity contribution in [2.75, 3.05) is 11.9 Å². The number of benzene rings is 3. The van der Waals surface area contributed by atoms with E-state index in [9.17, 15) is 0 Å². The largest absolute Gasteiger partial charge is 0.378 e. The van der Waals surface area contributed by atoms with Crippen LogP contribution < -0.4 is 15.8 Å². The molecule has 1 saturated carbocycles.